The lowest BCUT2D eigenvalue weighted by Gasteiger charge is -2.20. The van der Waals surface area contributed by atoms with Gasteiger partial charge in [0.1, 0.15) is 0 Å². The number of benzene rings is 1. The lowest BCUT2D eigenvalue weighted by atomic mass is 10.0. The van der Waals surface area contributed by atoms with E-state index in [9.17, 15) is 19.4 Å². The van der Waals surface area contributed by atoms with Crippen molar-refractivity contribution in [1.29, 1.82) is 0 Å². The number of rotatable bonds is 5. The van der Waals surface area contributed by atoms with Gasteiger partial charge in [-0.15, -0.1) is 0 Å². The van der Waals surface area contributed by atoms with Crippen molar-refractivity contribution in [2.24, 2.45) is 7.05 Å². The zero-order valence-corrected chi connectivity index (χ0v) is 12.0. The van der Waals surface area contributed by atoms with Crippen molar-refractivity contribution in [2.75, 3.05) is 6.61 Å². The fourth-order valence-electron chi connectivity index (χ4n) is 2.41. The zero-order valence-electron chi connectivity index (χ0n) is 12.0. The van der Waals surface area contributed by atoms with Crippen LogP contribution in [0, 0.1) is 0 Å². The molecule has 2 N–H and O–H groups in total. The molecule has 1 atom stereocenters. The summed E-state index contributed by atoms with van der Waals surface area (Å²) in [5, 5.41) is 20.0. The van der Waals surface area contributed by atoms with E-state index in [1.54, 1.807) is 42.8 Å². The number of hydrogen-bond donors (Lipinski definition) is 2. The maximum atomic E-state index is 14.7. The first-order chi connectivity index (χ1) is 9.92. The second-order valence-electron chi connectivity index (χ2n) is 4.83. The van der Waals surface area contributed by atoms with Gasteiger partial charge >= 0.3 is 5.97 Å². The van der Waals surface area contributed by atoms with Crippen molar-refractivity contribution in [3.8, 4) is 0 Å². The van der Waals surface area contributed by atoms with Crippen molar-refractivity contribution < 1.29 is 24.1 Å². The molecule has 5 nitrogen and oxygen atoms in total. The summed E-state index contributed by atoms with van der Waals surface area (Å²) >= 11 is 0. The van der Waals surface area contributed by atoms with Gasteiger partial charge < -0.3 is 19.5 Å². The number of hydrogen-bond acceptors (Lipinski definition) is 4. The molecular formula is C15H18FNO4. The van der Waals surface area contributed by atoms with E-state index in [1.807, 2.05) is 0 Å². The summed E-state index contributed by atoms with van der Waals surface area (Å²) in [6.07, 6.45) is 0.0957. The molecule has 0 aliphatic heterocycles. The van der Waals surface area contributed by atoms with Crippen LogP contribution >= 0.6 is 0 Å². The normalized spacial score (nSPS) is 14.1. The van der Waals surface area contributed by atoms with Crippen molar-refractivity contribution in [2.45, 2.75) is 25.8 Å². The highest BCUT2D eigenvalue weighted by atomic mass is 19.2. The van der Waals surface area contributed by atoms with Crippen LogP contribution in [0.25, 0.3) is 10.9 Å². The lowest BCUT2D eigenvalue weighted by molar-refractivity contribution is -0.172. The first kappa shape index (κ1) is 15.5. The van der Waals surface area contributed by atoms with Crippen LogP contribution in [0.15, 0.2) is 24.3 Å². The van der Waals surface area contributed by atoms with Gasteiger partial charge in [0.25, 0.3) is 5.85 Å². The number of aromatic nitrogens is 1. The maximum Gasteiger partial charge on any atom is 0.305 e. The molecule has 0 fully saturated rings. The summed E-state index contributed by atoms with van der Waals surface area (Å²) in [5.74, 6) is -3.46. The molecular weight excluding hydrogens is 277 g/mol. The van der Waals surface area contributed by atoms with E-state index in [0.29, 0.717) is 10.9 Å². The molecule has 0 bridgehead atoms. The first-order valence-corrected chi connectivity index (χ1v) is 6.67. The summed E-state index contributed by atoms with van der Waals surface area (Å²) < 4.78 is 21.0. The van der Waals surface area contributed by atoms with E-state index < -0.39 is 25.0 Å². The number of nitrogens with zero attached hydrogens (tertiary/aromatic N) is 1. The van der Waals surface area contributed by atoms with E-state index >= 15 is 0 Å². The molecule has 0 spiro atoms. The standard InChI is InChI=1S/C15H18FNO4/c1-3-13(19)21-9-15(16,20)14-10-6-4-5-7-11(10)17(2)12(14)8-18/h4-7,18,20H,3,8-9H2,1-2H3. The van der Waals surface area contributed by atoms with Gasteiger partial charge in [-0.2, -0.15) is 0 Å². The number of halogens is 1. The van der Waals surface area contributed by atoms with Crippen molar-refractivity contribution in [1.82, 2.24) is 4.57 Å². The second-order valence-corrected chi connectivity index (χ2v) is 4.83. The minimum atomic E-state index is -2.86. The Morgan fingerprint density at radius 2 is 2.10 bits per heavy atom. The van der Waals surface area contributed by atoms with Crippen LogP contribution in [-0.2, 0) is 29.0 Å². The Bertz CT molecular complexity index is 663. The van der Waals surface area contributed by atoms with Crippen molar-refractivity contribution in [3.63, 3.8) is 0 Å². The predicted molar refractivity (Wildman–Crippen MR) is 75.1 cm³/mol. The highest BCUT2D eigenvalue weighted by Crippen LogP contribution is 2.35. The number of aryl methyl sites for hydroxylation is 1. The van der Waals surface area contributed by atoms with Crippen LogP contribution in [0.3, 0.4) is 0 Å². The number of aliphatic hydroxyl groups is 2. The summed E-state index contributed by atoms with van der Waals surface area (Å²) in [5.41, 5.74) is 0.857. The van der Waals surface area contributed by atoms with Gasteiger partial charge in [-0.05, 0) is 6.07 Å². The molecule has 2 rings (SSSR count). The third-order valence-corrected chi connectivity index (χ3v) is 3.47. The number of carbonyl (C=O) groups excluding carboxylic acids is 1. The van der Waals surface area contributed by atoms with E-state index in [0.717, 1.165) is 0 Å². The quantitative estimate of drug-likeness (QED) is 0.824. The average Bonchev–Trinajstić information content (AvgIpc) is 2.78. The predicted octanol–water partition coefficient (Wildman–Crippen LogP) is 1.74. The highest BCUT2D eigenvalue weighted by Gasteiger charge is 2.37. The number of fused-ring (bicyclic) bond motifs is 1. The SMILES string of the molecule is CCC(=O)OCC(O)(F)c1c(CO)n(C)c2ccccc12. The Kier molecular flexibility index (Phi) is 4.29. The molecule has 0 aliphatic carbocycles. The Hall–Kier alpha value is -1.92. The molecule has 0 saturated heterocycles. The molecule has 0 aliphatic rings. The Balaban J connectivity index is 2.51. The number of para-hydroxylation sites is 1. The van der Waals surface area contributed by atoms with E-state index in [-0.39, 0.29) is 17.7 Å². The molecule has 0 amide bonds. The minimum Gasteiger partial charge on any atom is -0.459 e. The van der Waals surface area contributed by atoms with Crippen LogP contribution < -0.4 is 0 Å². The molecule has 1 heterocycles. The van der Waals surface area contributed by atoms with Gasteiger partial charge in [-0.3, -0.25) is 4.79 Å². The first-order valence-electron chi connectivity index (χ1n) is 6.67. The topological polar surface area (TPSA) is 71.7 Å². The number of esters is 1. The van der Waals surface area contributed by atoms with Crippen LogP contribution in [0.2, 0.25) is 0 Å². The summed E-state index contributed by atoms with van der Waals surface area (Å²) in [6.45, 7) is 0.339. The van der Waals surface area contributed by atoms with Gasteiger partial charge in [0.05, 0.1) is 17.9 Å². The van der Waals surface area contributed by atoms with Gasteiger partial charge in [-0.1, -0.05) is 25.1 Å². The molecule has 6 heteroatoms. The summed E-state index contributed by atoms with van der Waals surface area (Å²) in [6, 6.07) is 6.89. The number of alkyl halides is 1. The van der Waals surface area contributed by atoms with Crippen LogP contribution in [0.5, 0.6) is 0 Å². The van der Waals surface area contributed by atoms with Crippen molar-refractivity contribution in [3.05, 3.63) is 35.5 Å². The van der Waals surface area contributed by atoms with E-state index in [2.05, 4.69) is 0 Å². The van der Waals surface area contributed by atoms with Crippen molar-refractivity contribution >= 4 is 16.9 Å². The minimum absolute atomic E-state index is 0.0630. The van der Waals surface area contributed by atoms with Gasteiger partial charge in [0.2, 0.25) is 0 Å². The average molecular weight is 295 g/mol. The molecule has 114 valence electrons. The number of ether oxygens (including phenoxy) is 1. The molecule has 0 radical (unpaired) electrons. The summed E-state index contributed by atoms with van der Waals surface area (Å²) in [7, 11) is 1.67. The highest BCUT2D eigenvalue weighted by molar-refractivity contribution is 5.86. The fraction of sp³-hybridized carbons (Fsp3) is 0.400. The molecule has 0 saturated carbocycles. The van der Waals surface area contributed by atoms with E-state index in [1.165, 1.54) is 0 Å². The molecule has 1 aromatic heterocycles. The smallest absolute Gasteiger partial charge is 0.305 e. The lowest BCUT2D eigenvalue weighted by Crippen LogP contribution is -2.29. The van der Waals surface area contributed by atoms with Gasteiger partial charge in [0.15, 0.2) is 6.61 Å². The Morgan fingerprint density at radius 1 is 1.43 bits per heavy atom. The van der Waals surface area contributed by atoms with Crippen LogP contribution in [0.1, 0.15) is 24.6 Å². The maximum absolute atomic E-state index is 14.7. The largest absolute Gasteiger partial charge is 0.459 e. The molecule has 1 aromatic carbocycles. The molecule has 2 aromatic rings. The Morgan fingerprint density at radius 3 is 2.71 bits per heavy atom. The number of aliphatic hydroxyl groups excluding tert-OH is 1. The monoisotopic (exact) mass is 295 g/mol. The van der Waals surface area contributed by atoms with Crippen LogP contribution in [-0.4, -0.2) is 27.4 Å². The Labute approximate surface area is 121 Å². The second kappa shape index (κ2) is 5.83. The zero-order chi connectivity index (χ0) is 15.6. The molecule has 1 unspecified atom stereocenters. The third kappa shape index (κ3) is 2.77. The van der Waals surface area contributed by atoms with Crippen LogP contribution in [0.4, 0.5) is 4.39 Å². The van der Waals surface area contributed by atoms with Gasteiger partial charge in [0, 0.05) is 24.4 Å². The summed E-state index contributed by atoms with van der Waals surface area (Å²) in [4.78, 5) is 11.2. The van der Waals surface area contributed by atoms with Gasteiger partial charge in [-0.25, -0.2) is 4.39 Å². The fourth-order valence-corrected chi connectivity index (χ4v) is 2.41. The third-order valence-electron chi connectivity index (χ3n) is 3.47. The number of carbonyl (C=O) groups is 1. The van der Waals surface area contributed by atoms with E-state index in [4.69, 9.17) is 4.74 Å². The molecule has 21 heavy (non-hydrogen) atoms.